The molecule has 0 radical (unpaired) electrons. The molecule has 1 aliphatic carbocycles. The molecule has 3 nitrogen and oxygen atoms in total. The molecule has 3 heterocycles. The highest BCUT2D eigenvalue weighted by Gasteiger charge is 2.17. The summed E-state index contributed by atoms with van der Waals surface area (Å²) in [5, 5.41) is 2.14. The number of benzene rings is 1. The first-order chi connectivity index (χ1) is 14.3. The van der Waals surface area contributed by atoms with E-state index in [0.717, 1.165) is 54.8 Å². The van der Waals surface area contributed by atoms with E-state index in [2.05, 4.69) is 35.3 Å². The molecule has 29 heavy (non-hydrogen) atoms. The molecule has 5 rings (SSSR count). The molecule has 0 unspecified atom stereocenters. The van der Waals surface area contributed by atoms with Gasteiger partial charge in [-0.1, -0.05) is 30.0 Å². The van der Waals surface area contributed by atoms with Gasteiger partial charge in [0.2, 0.25) is 0 Å². The molecular weight excluding hydrogens is 405 g/mol. The number of halogens is 1. The van der Waals surface area contributed by atoms with Gasteiger partial charge in [0.25, 0.3) is 0 Å². The Morgan fingerprint density at radius 3 is 2.93 bits per heavy atom. The zero-order chi connectivity index (χ0) is 19.6. The van der Waals surface area contributed by atoms with Crippen LogP contribution in [0, 0.1) is 5.82 Å². The molecule has 0 saturated carbocycles. The molecule has 6 heteroatoms. The maximum Gasteiger partial charge on any atom is 0.123 e. The summed E-state index contributed by atoms with van der Waals surface area (Å²) in [5.74, 6) is -0.190. The molecule has 3 aliphatic rings. The highest BCUT2D eigenvalue weighted by atomic mass is 32.2. The largest absolute Gasteiger partial charge is 0.379 e. The summed E-state index contributed by atoms with van der Waals surface area (Å²) in [6.07, 6.45) is 10.6. The van der Waals surface area contributed by atoms with Gasteiger partial charge in [-0.3, -0.25) is 4.90 Å². The Bertz CT molecular complexity index is 1140. The number of nitrogens with zero attached hydrogens (tertiary/aromatic N) is 1. The number of thiophene rings is 1. The van der Waals surface area contributed by atoms with Gasteiger partial charge in [0.1, 0.15) is 5.82 Å². The minimum absolute atomic E-state index is 0.190. The van der Waals surface area contributed by atoms with E-state index >= 15 is 0 Å². The number of ether oxygens (including phenoxy) is 2. The standard InChI is InChI=1S/C23H22FNO2S2/c24-17-5-7-20-19(14-17)22-21(29-20)3-1-2-16-4-6-18(28-23(16)22)15-27-13-10-25-8-11-26-12-9-25/h1-7,14H,8-13,15H2. The quantitative estimate of drug-likeness (QED) is 0.682. The van der Waals surface area contributed by atoms with Crippen molar-refractivity contribution in [3.05, 3.63) is 68.5 Å². The van der Waals surface area contributed by atoms with E-state index < -0.39 is 0 Å². The van der Waals surface area contributed by atoms with Gasteiger partial charge in [-0.05, 0) is 35.9 Å². The van der Waals surface area contributed by atoms with Crippen molar-refractivity contribution in [1.82, 2.24) is 4.90 Å². The average molecular weight is 428 g/mol. The summed E-state index contributed by atoms with van der Waals surface area (Å²) in [6, 6.07) is 5.08. The topological polar surface area (TPSA) is 21.7 Å². The van der Waals surface area contributed by atoms with Crippen molar-refractivity contribution in [2.24, 2.45) is 0 Å². The fourth-order valence-corrected chi connectivity index (χ4v) is 6.04. The van der Waals surface area contributed by atoms with E-state index in [4.69, 9.17) is 9.47 Å². The highest BCUT2D eigenvalue weighted by Crippen LogP contribution is 2.37. The van der Waals surface area contributed by atoms with Crippen LogP contribution in [0.2, 0.25) is 0 Å². The van der Waals surface area contributed by atoms with Crippen LogP contribution in [0.4, 0.5) is 4.39 Å². The van der Waals surface area contributed by atoms with Crippen molar-refractivity contribution in [1.29, 1.82) is 0 Å². The van der Waals surface area contributed by atoms with Crippen molar-refractivity contribution in [3.63, 3.8) is 0 Å². The van der Waals surface area contributed by atoms with Crippen molar-refractivity contribution in [3.8, 4) is 0 Å². The second kappa shape index (κ2) is 8.58. The van der Waals surface area contributed by atoms with Gasteiger partial charge in [-0.25, -0.2) is 4.39 Å². The number of rotatable bonds is 5. The lowest BCUT2D eigenvalue weighted by Crippen LogP contribution is -2.38. The van der Waals surface area contributed by atoms with Gasteiger partial charge in [0.05, 0.1) is 26.4 Å². The summed E-state index contributed by atoms with van der Waals surface area (Å²) in [5.41, 5.74) is 1.17. The third-order valence-electron chi connectivity index (χ3n) is 5.27. The van der Waals surface area contributed by atoms with E-state index in [-0.39, 0.29) is 5.82 Å². The lowest BCUT2D eigenvalue weighted by Gasteiger charge is -2.26. The molecule has 1 fully saturated rings. The van der Waals surface area contributed by atoms with E-state index in [0.29, 0.717) is 6.61 Å². The van der Waals surface area contributed by atoms with E-state index in [1.54, 1.807) is 29.2 Å². The molecule has 0 bridgehead atoms. The first-order valence-corrected chi connectivity index (χ1v) is 11.5. The van der Waals surface area contributed by atoms with Crippen LogP contribution in [0.1, 0.15) is 0 Å². The number of hydrogen-bond acceptors (Lipinski definition) is 5. The van der Waals surface area contributed by atoms with Crippen LogP contribution in [0.15, 0.2) is 53.0 Å². The van der Waals surface area contributed by atoms with Gasteiger partial charge in [-0.15, -0.1) is 11.3 Å². The van der Waals surface area contributed by atoms with Gasteiger partial charge in [0.15, 0.2) is 0 Å². The summed E-state index contributed by atoms with van der Waals surface area (Å²) in [6.45, 7) is 5.85. The molecule has 0 atom stereocenters. The van der Waals surface area contributed by atoms with E-state index in [1.807, 2.05) is 6.07 Å². The van der Waals surface area contributed by atoms with Crippen LogP contribution in [0.5, 0.6) is 0 Å². The van der Waals surface area contributed by atoms with Crippen LogP contribution in [-0.4, -0.2) is 51.0 Å². The van der Waals surface area contributed by atoms with Crippen LogP contribution in [0.3, 0.4) is 0 Å². The summed E-state index contributed by atoms with van der Waals surface area (Å²) in [7, 11) is 0. The van der Waals surface area contributed by atoms with Crippen LogP contribution >= 0.6 is 23.1 Å². The van der Waals surface area contributed by atoms with Crippen molar-refractivity contribution in [2.45, 2.75) is 0 Å². The molecule has 0 spiro atoms. The van der Waals surface area contributed by atoms with Gasteiger partial charge < -0.3 is 9.47 Å². The van der Waals surface area contributed by atoms with Crippen molar-refractivity contribution >= 4 is 44.2 Å². The van der Waals surface area contributed by atoms with E-state index in [9.17, 15) is 4.39 Å². The smallest absolute Gasteiger partial charge is 0.123 e. The Morgan fingerprint density at radius 2 is 2.03 bits per heavy atom. The zero-order valence-electron chi connectivity index (χ0n) is 16.0. The Kier molecular flexibility index (Phi) is 5.70. The maximum atomic E-state index is 14.0. The predicted molar refractivity (Wildman–Crippen MR) is 120 cm³/mol. The molecule has 2 aromatic rings. The Hall–Kier alpha value is -1.70. The van der Waals surface area contributed by atoms with Crippen LogP contribution < -0.4 is 9.75 Å². The molecular formula is C23H22FNO2S2. The summed E-state index contributed by atoms with van der Waals surface area (Å²) < 4.78 is 27.6. The van der Waals surface area contributed by atoms with Gasteiger partial charge >= 0.3 is 0 Å². The number of fused-ring (bicyclic) bond motifs is 4. The Labute approximate surface area is 177 Å². The van der Waals surface area contributed by atoms with Crippen molar-refractivity contribution < 1.29 is 13.9 Å². The first-order valence-electron chi connectivity index (χ1n) is 9.86. The normalized spacial score (nSPS) is 19.3. The molecule has 2 aliphatic heterocycles. The maximum absolute atomic E-state index is 14.0. The number of hydrogen-bond donors (Lipinski definition) is 0. The van der Waals surface area contributed by atoms with Crippen LogP contribution in [0.25, 0.3) is 21.1 Å². The fraction of sp³-hybridized carbons (Fsp3) is 0.304. The lowest BCUT2D eigenvalue weighted by molar-refractivity contribution is 0.0232. The number of morpholine rings is 1. The predicted octanol–water partition coefficient (Wildman–Crippen LogP) is 3.40. The Balaban J connectivity index is 1.37. The minimum atomic E-state index is -0.190. The fourth-order valence-electron chi connectivity index (χ4n) is 3.76. The molecule has 1 saturated heterocycles. The zero-order valence-corrected chi connectivity index (χ0v) is 17.7. The second-order valence-corrected chi connectivity index (χ2v) is 9.42. The molecule has 150 valence electrons. The molecule has 1 aromatic carbocycles. The van der Waals surface area contributed by atoms with Gasteiger partial charge in [-0.2, -0.15) is 0 Å². The number of thioether (sulfide) groups is 1. The van der Waals surface area contributed by atoms with Gasteiger partial charge in [0, 0.05) is 49.3 Å². The van der Waals surface area contributed by atoms with E-state index in [1.165, 1.54) is 26.0 Å². The first kappa shape index (κ1) is 19.3. The second-order valence-electron chi connectivity index (χ2n) is 7.20. The molecule has 1 aromatic heterocycles. The average Bonchev–Trinajstić information content (AvgIpc) is 2.99. The monoisotopic (exact) mass is 427 g/mol. The summed E-state index contributed by atoms with van der Waals surface area (Å²) in [4.78, 5) is 4.75. The minimum Gasteiger partial charge on any atom is -0.379 e. The third-order valence-corrected chi connectivity index (χ3v) is 7.57. The molecule has 0 amide bonds. The van der Waals surface area contributed by atoms with Crippen molar-refractivity contribution in [2.75, 3.05) is 46.1 Å². The SMILES string of the molecule is Fc1ccc2sc3c(c2c1)=C1SC(COCCN2CCOCC2)=CC=C1C=CC=3. The lowest BCUT2D eigenvalue weighted by atomic mass is 10.1. The third kappa shape index (κ3) is 4.13. The number of allylic oxidation sites excluding steroid dienone is 4. The Morgan fingerprint density at radius 1 is 1.14 bits per heavy atom. The highest BCUT2D eigenvalue weighted by molar-refractivity contribution is 8.11. The van der Waals surface area contributed by atoms with Crippen LogP contribution in [-0.2, 0) is 9.47 Å². The molecule has 0 N–H and O–H groups in total. The summed E-state index contributed by atoms with van der Waals surface area (Å²) >= 11 is 3.46.